The van der Waals surface area contributed by atoms with Crippen molar-refractivity contribution in [3.8, 4) is 0 Å². The number of piperidine rings is 1. The smallest absolute Gasteiger partial charge is 0.320 e. The van der Waals surface area contributed by atoms with E-state index >= 15 is 0 Å². The predicted molar refractivity (Wildman–Crippen MR) is 62.2 cm³/mol. The molecule has 0 spiro atoms. The van der Waals surface area contributed by atoms with Crippen LogP contribution in [0.4, 0.5) is 0 Å². The summed E-state index contributed by atoms with van der Waals surface area (Å²) in [5.41, 5.74) is 0. The first-order valence-corrected chi connectivity index (χ1v) is 6.06. The monoisotopic (exact) mass is 229 g/mol. The lowest BCUT2D eigenvalue weighted by molar-refractivity contribution is -0.144. The van der Waals surface area contributed by atoms with Crippen molar-refractivity contribution < 1.29 is 15.0 Å². The van der Waals surface area contributed by atoms with Gasteiger partial charge in [-0.25, -0.2) is 0 Å². The van der Waals surface area contributed by atoms with Crippen LogP contribution < -0.4 is 0 Å². The molecule has 0 bridgehead atoms. The van der Waals surface area contributed by atoms with Crippen molar-refractivity contribution >= 4 is 5.97 Å². The van der Waals surface area contributed by atoms with Crippen molar-refractivity contribution in [3.63, 3.8) is 0 Å². The van der Waals surface area contributed by atoms with Crippen molar-refractivity contribution in [1.82, 2.24) is 4.90 Å². The molecule has 0 unspecified atom stereocenters. The van der Waals surface area contributed by atoms with E-state index in [0.29, 0.717) is 25.4 Å². The number of rotatable bonds is 4. The quantitative estimate of drug-likeness (QED) is 0.760. The minimum absolute atomic E-state index is 0.218. The van der Waals surface area contributed by atoms with Gasteiger partial charge in [0.2, 0.25) is 0 Å². The zero-order valence-corrected chi connectivity index (χ0v) is 10.4. The van der Waals surface area contributed by atoms with E-state index in [9.17, 15) is 9.90 Å². The fraction of sp³-hybridized carbons (Fsp3) is 0.917. The highest BCUT2D eigenvalue weighted by Crippen LogP contribution is 2.24. The van der Waals surface area contributed by atoms with E-state index in [0.717, 1.165) is 6.42 Å². The predicted octanol–water partition coefficient (Wildman–Crippen LogP) is 1.19. The average molecular weight is 229 g/mol. The molecular formula is C12H23NO3. The first-order valence-electron chi connectivity index (χ1n) is 6.06. The highest BCUT2D eigenvalue weighted by atomic mass is 16.4. The van der Waals surface area contributed by atoms with Crippen LogP contribution in [0.15, 0.2) is 0 Å². The first-order chi connectivity index (χ1) is 7.41. The van der Waals surface area contributed by atoms with Gasteiger partial charge < -0.3 is 10.2 Å². The fourth-order valence-corrected chi connectivity index (χ4v) is 2.39. The minimum Gasteiger partial charge on any atom is -0.480 e. The number of likely N-dealkylation sites (tertiary alicyclic amines) is 1. The van der Waals surface area contributed by atoms with Gasteiger partial charge in [-0.05, 0) is 31.6 Å². The van der Waals surface area contributed by atoms with E-state index in [1.54, 1.807) is 6.92 Å². The molecule has 0 aliphatic carbocycles. The molecule has 0 aromatic rings. The molecule has 0 aromatic carbocycles. The standard InChI is InChI=1S/C12H23NO3/c1-8(2)6-10-7-13(5-4-11(10)14)9(3)12(15)16/h8-11,14H,4-7H2,1-3H3,(H,15,16)/t9-,10+,11-/m0/s1. The number of aliphatic hydroxyl groups excluding tert-OH is 1. The Kier molecular flexibility index (Phi) is 4.74. The van der Waals surface area contributed by atoms with Crippen LogP contribution in [0.2, 0.25) is 0 Å². The maximum Gasteiger partial charge on any atom is 0.320 e. The van der Waals surface area contributed by atoms with Gasteiger partial charge in [-0.1, -0.05) is 13.8 Å². The summed E-state index contributed by atoms with van der Waals surface area (Å²) in [7, 11) is 0. The van der Waals surface area contributed by atoms with Crippen LogP contribution in [0.5, 0.6) is 0 Å². The Morgan fingerprint density at radius 1 is 1.44 bits per heavy atom. The third-order valence-electron chi connectivity index (χ3n) is 3.40. The van der Waals surface area contributed by atoms with Gasteiger partial charge in [0.25, 0.3) is 0 Å². The van der Waals surface area contributed by atoms with E-state index in [1.807, 2.05) is 4.90 Å². The average Bonchev–Trinajstić information content (AvgIpc) is 2.19. The number of nitrogens with zero attached hydrogens (tertiary/aromatic N) is 1. The van der Waals surface area contributed by atoms with E-state index in [2.05, 4.69) is 13.8 Å². The summed E-state index contributed by atoms with van der Waals surface area (Å²) < 4.78 is 0. The molecule has 0 aromatic heterocycles. The van der Waals surface area contributed by atoms with Gasteiger partial charge >= 0.3 is 5.97 Å². The van der Waals surface area contributed by atoms with Crippen LogP contribution in [0, 0.1) is 11.8 Å². The summed E-state index contributed by atoms with van der Waals surface area (Å²) in [6, 6.07) is -0.442. The first kappa shape index (κ1) is 13.5. The molecule has 0 saturated carbocycles. The number of aliphatic hydroxyl groups is 1. The summed E-state index contributed by atoms with van der Waals surface area (Å²) >= 11 is 0. The second-order valence-corrected chi connectivity index (χ2v) is 5.25. The second kappa shape index (κ2) is 5.64. The SMILES string of the molecule is CC(C)C[C@@H]1CN([C@@H](C)C(=O)O)CC[C@@H]1O. The van der Waals surface area contributed by atoms with Crippen molar-refractivity contribution in [3.05, 3.63) is 0 Å². The lowest BCUT2D eigenvalue weighted by atomic mass is 9.87. The van der Waals surface area contributed by atoms with Gasteiger partial charge in [-0.3, -0.25) is 9.69 Å². The summed E-state index contributed by atoms with van der Waals surface area (Å²) in [6.45, 7) is 7.36. The minimum atomic E-state index is -0.778. The Morgan fingerprint density at radius 3 is 2.56 bits per heavy atom. The highest BCUT2D eigenvalue weighted by molar-refractivity contribution is 5.72. The molecule has 1 aliphatic rings. The molecule has 0 radical (unpaired) electrons. The maximum absolute atomic E-state index is 10.9. The number of hydrogen-bond donors (Lipinski definition) is 2. The second-order valence-electron chi connectivity index (χ2n) is 5.25. The van der Waals surface area contributed by atoms with E-state index in [1.165, 1.54) is 0 Å². The number of carbonyl (C=O) groups is 1. The molecule has 1 fully saturated rings. The van der Waals surface area contributed by atoms with Gasteiger partial charge in [0, 0.05) is 13.1 Å². The molecule has 2 N–H and O–H groups in total. The molecular weight excluding hydrogens is 206 g/mol. The van der Waals surface area contributed by atoms with Crippen molar-refractivity contribution in [1.29, 1.82) is 0 Å². The molecule has 0 amide bonds. The number of aliphatic carboxylic acids is 1. The fourth-order valence-electron chi connectivity index (χ4n) is 2.39. The Morgan fingerprint density at radius 2 is 2.06 bits per heavy atom. The zero-order valence-electron chi connectivity index (χ0n) is 10.4. The molecule has 1 rings (SSSR count). The summed E-state index contributed by atoms with van der Waals surface area (Å²) in [5, 5.41) is 18.8. The maximum atomic E-state index is 10.9. The Bertz CT molecular complexity index is 242. The van der Waals surface area contributed by atoms with Gasteiger partial charge in [0.05, 0.1) is 6.10 Å². The summed E-state index contributed by atoms with van der Waals surface area (Å²) in [5.74, 6) is -0.0185. The largest absolute Gasteiger partial charge is 0.480 e. The molecule has 1 aliphatic heterocycles. The van der Waals surface area contributed by atoms with Crippen molar-refractivity contribution in [2.75, 3.05) is 13.1 Å². The Hall–Kier alpha value is -0.610. The lowest BCUT2D eigenvalue weighted by Gasteiger charge is -2.38. The topological polar surface area (TPSA) is 60.8 Å². The zero-order chi connectivity index (χ0) is 12.3. The van der Waals surface area contributed by atoms with Crippen molar-refractivity contribution in [2.24, 2.45) is 11.8 Å². The molecule has 4 nitrogen and oxygen atoms in total. The molecule has 4 heteroatoms. The van der Waals surface area contributed by atoms with Gasteiger partial charge in [0.1, 0.15) is 6.04 Å². The van der Waals surface area contributed by atoms with Crippen LogP contribution in [-0.2, 0) is 4.79 Å². The molecule has 1 saturated heterocycles. The summed E-state index contributed by atoms with van der Waals surface area (Å²) in [4.78, 5) is 12.9. The van der Waals surface area contributed by atoms with Crippen molar-refractivity contribution in [2.45, 2.75) is 45.8 Å². The number of hydrogen-bond acceptors (Lipinski definition) is 3. The molecule has 1 heterocycles. The van der Waals surface area contributed by atoms with E-state index in [4.69, 9.17) is 5.11 Å². The van der Waals surface area contributed by atoms with Gasteiger partial charge in [-0.15, -0.1) is 0 Å². The van der Waals surface area contributed by atoms with E-state index in [-0.39, 0.29) is 12.0 Å². The van der Waals surface area contributed by atoms with E-state index < -0.39 is 12.0 Å². The molecule has 94 valence electrons. The highest BCUT2D eigenvalue weighted by Gasteiger charge is 2.32. The molecule has 3 atom stereocenters. The third-order valence-corrected chi connectivity index (χ3v) is 3.40. The Labute approximate surface area is 97.3 Å². The lowest BCUT2D eigenvalue weighted by Crippen LogP contribution is -2.49. The molecule has 16 heavy (non-hydrogen) atoms. The van der Waals surface area contributed by atoms with Crippen LogP contribution in [0.25, 0.3) is 0 Å². The third kappa shape index (κ3) is 3.46. The number of carboxylic acid groups (broad SMARTS) is 1. The van der Waals surface area contributed by atoms with Crippen LogP contribution in [-0.4, -0.2) is 46.3 Å². The van der Waals surface area contributed by atoms with Crippen LogP contribution in [0.1, 0.15) is 33.6 Å². The van der Waals surface area contributed by atoms with Crippen LogP contribution in [0.3, 0.4) is 0 Å². The Balaban J connectivity index is 2.56. The van der Waals surface area contributed by atoms with Gasteiger partial charge in [0.15, 0.2) is 0 Å². The van der Waals surface area contributed by atoms with Gasteiger partial charge in [-0.2, -0.15) is 0 Å². The number of carboxylic acids is 1. The summed E-state index contributed by atoms with van der Waals surface area (Å²) in [6.07, 6.45) is 1.39. The normalized spacial score (nSPS) is 29.3. The van der Waals surface area contributed by atoms with Crippen LogP contribution >= 0.6 is 0 Å².